The number of amides is 1. The molecule has 0 aliphatic carbocycles. The third-order valence-corrected chi connectivity index (χ3v) is 4.20. The number of carbonyl (C=O) groups is 1. The van der Waals surface area contributed by atoms with Gasteiger partial charge in [0.25, 0.3) is 0 Å². The average Bonchev–Trinajstić information content (AvgIpc) is 2.43. The molecule has 0 heterocycles. The topological polar surface area (TPSA) is 49.3 Å². The number of benzene rings is 2. The molecule has 0 saturated heterocycles. The summed E-state index contributed by atoms with van der Waals surface area (Å²) in [5.74, 6) is 0.835. The van der Waals surface area contributed by atoms with Crippen LogP contribution in [0.4, 0.5) is 5.69 Å². The molecule has 2 rings (SSSR count). The molecule has 0 aliphatic heterocycles. The summed E-state index contributed by atoms with van der Waals surface area (Å²) in [6, 6.07) is 12.9. The zero-order valence-electron chi connectivity index (χ0n) is 12.2. The zero-order valence-corrected chi connectivity index (χ0v) is 13.0. The van der Waals surface area contributed by atoms with Gasteiger partial charge in [-0.2, -0.15) is 0 Å². The van der Waals surface area contributed by atoms with Gasteiger partial charge >= 0.3 is 0 Å². The maximum Gasteiger partial charge on any atom is 0.225 e. The molecule has 0 spiro atoms. The van der Waals surface area contributed by atoms with Crippen molar-refractivity contribution in [2.45, 2.75) is 25.2 Å². The molecule has 0 bridgehead atoms. The number of nitrogens with one attached hydrogen (secondary N) is 1. The quantitative estimate of drug-likeness (QED) is 0.816. The van der Waals surface area contributed by atoms with Gasteiger partial charge in [0.1, 0.15) is 5.75 Å². The number of carbonyl (C=O) groups excluding carboxylic acids is 1. The van der Waals surface area contributed by atoms with Gasteiger partial charge in [-0.25, -0.2) is 0 Å². The van der Waals surface area contributed by atoms with Gasteiger partial charge in [0.05, 0.1) is 0 Å². The number of phenols is 1. The summed E-state index contributed by atoms with van der Waals surface area (Å²) in [6.45, 7) is 4.18. The van der Waals surface area contributed by atoms with Gasteiger partial charge < -0.3 is 10.4 Å². The van der Waals surface area contributed by atoms with Crippen molar-refractivity contribution in [2.75, 3.05) is 11.1 Å². The summed E-state index contributed by atoms with van der Waals surface area (Å²) in [5, 5.41) is 12.1. The normalized spacial score (nSPS) is 10.4. The first-order valence-corrected chi connectivity index (χ1v) is 7.82. The molecule has 0 aromatic heterocycles. The van der Waals surface area contributed by atoms with Crippen LogP contribution in [0.1, 0.15) is 17.5 Å². The number of thioether (sulfide) groups is 1. The van der Waals surface area contributed by atoms with Gasteiger partial charge in [-0.1, -0.05) is 12.1 Å². The Morgan fingerprint density at radius 3 is 2.67 bits per heavy atom. The highest BCUT2D eigenvalue weighted by molar-refractivity contribution is 7.99. The van der Waals surface area contributed by atoms with E-state index in [0.29, 0.717) is 12.1 Å². The van der Waals surface area contributed by atoms with E-state index in [1.54, 1.807) is 30.0 Å². The highest BCUT2D eigenvalue weighted by Crippen LogP contribution is 2.22. The lowest BCUT2D eigenvalue weighted by Gasteiger charge is -2.07. The molecule has 0 unspecified atom stereocenters. The number of phenolic OH excluding ortho intramolecular Hbond substituents is 1. The highest BCUT2D eigenvalue weighted by Gasteiger charge is 2.04. The smallest absolute Gasteiger partial charge is 0.225 e. The van der Waals surface area contributed by atoms with Gasteiger partial charge in [0, 0.05) is 28.8 Å². The second-order valence-corrected chi connectivity index (χ2v) is 6.11. The second kappa shape index (κ2) is 7.18. The Hall–Kier alpha value is -1.94. The number of aromatic hydroxyl groups is 1. The van der Waals surface area contributed by atoms with Crippen molar-refractivity contribution < 1.29 is 9.90 Å². The summed E-state index contributed by atoms with van der Waals surface area (Å²) < 4.78 is 0. The first-order valence-electron chi connectivity index (χ1n) is 6.83. The fourth-order valence-corrected chi connectivity index (χ4v) is 2.82. The van der Waals surface area contributed by atoms with E-state index in [4.69, 9.17) is 0 Å². The minimum Gasteiger partial charge on any atom is -0.508 e. The first kappa shape index (κ1) is 15.4. The van der Waals surface area contributed by atoms with Crippen LogP contribution in [0.25, 0.3) is 0 Å². The van der Waals surface area contributed by atoms with E-state index in [9.17, 15) is 9.90 Å². The molecule has 110 valence electrons. The van der Waals surface area contributed by atoms with Crippen LogP contribution in [-0.4, -0.2) is 16.8 Å². The summed E-state index contributed by atoms with van der Waals surface area (Å²) in [7, 11) is 0. The van der Waals surface area contributed by atoms with Crippen molar-refractivity contribution >= 4 is 23.4 Å². The molecule has 0 atom stereocenters. The standard InChI is InChI=1S/C17H19NO2S/c1-12-6-7-16(10-13(12)2)21-9-8-17(20)18-14-4-3-5-15(19)11-14/h3-7,10-11,19H,8-9H2,1-2H3,(H,18,20). The van der Waals surface area contributed by atoms with Crippen LogP contribution in [0, 0.1) is 13.8 Å². The average molecular weight is 301 g/mol. The lowest BCUT2D eigenvalue weighted by Crippen LogP contribution is -2.11. The van der Waals surface area contributed by atoms with Crippen LogP contribution in [-0.2, 0) is 4.79 Å². The molecule has 0 saturated carbocycles. The van der Waals surface area contributed by atoms with E-state index >= 15 is 0 Å². The summed E-state index contributed by atoms with van der Waals surface area (Å²) in [6.07, 6.45) is 0.438. The molecule has 2 N–H and O–H groups in total. The predicted octanol–water partition coefficient (Wildman–Crippen LogP) is 4.13. The lowest BCUT2D eigenvalue weighted by molar-refractivity contribution is -0.115. The summed E-state index contributed by atoms with van der Waals surface area (Å²) in [4.78, 5) is 13.0. The first-order chi connectivity index (χ1) is 10.0. The van der Waals surface area contributed by atoms with E-state index in [-0.39, 0.29) is 11.7 Å². The van der Waals surface area contributed by atoms with Crippen LogP contribution >= 0.6 is 11.8 Å². The van der Waals surface area contributed by atoms with Crippen molar-refractivity contribution in [2.24, 2.45) is 0 Å². The van der Waals surface area contributed by atoms with Gasteiger partial charge in [-0.3, -0.25) is 4.79 Å². The molecule has 3 nitrogen and oxygen atoms in total. The molecule has 2 aromatic rings. The van der Waals surface area contributed by atoms with Crippen LogP contribution in [0.5, 0.6) is 5.75 Å². The molecule has 0 fully saturated rings. The Bertz CT molecular complexity index is 640. The van der Waals surface area contributed by atoms with Crippen LogP contribution in [0.2, 0.25) is 0 Å². The van der Waals surface area contributed by atoms with Gasteiger partial charge in [-0.05, 0) is 49.2 Å². The fraction of sp³-hybridized carbons (Fsp3) is 0.235. The van der Waals surface area contributed by atoms with E-state index in [1.165, 1.54) is 22.1 Å². The summed E-state index contributed by atoms with van der Waals surface area (Å²) >= 11 is 1.68. The highest BCUT2D eigenvalue weighted by atomic mass is 32.2. The Balaban J connectivity index is 1.80. The van der Waals surface area contributed by atoms with Crippen LogP contribution < -0.4 is 5.32 Å². The number of hydrogen-bond acceptors (Lipinski definition) is 3. The fourth-order valence-electron chi connectivity index (χ4n) is 1.87. The van der Waals surface area contributed by atoms with Crippen molar-refractivity contribution in [1.82, 2.24) is 0 Å². The van der Waals surface area contributed by atoms with Crippen LogP contribution in [0.15, 0.2) is 47.4 Å². The monoisotopic (exact) mass is 301 g/mol. The molecule has 0 aliphatic rings. The Morgan fingerprint density at radius 1 is 1.14 bits per heavy atom. The molecular weight excluding hydrogens is 282 g/mol. The Morgan fingerprint density at radius 2 is 1.95 bits per heavy atom. The Labute approximate surface area is 129 Å². The molecule has 1 amide bonds. The molecule has 21 heavy (non-hydrogen) atoms. The molecule has 0 radical (unpaired) electrons. The third kappa shape index (κ3) is 4.83. The number of anilines is 1. The minimum atomic E-state index is -0.0445. The number of aryl methyl sites for hydroxylation is 2. The van der Waals surface area contributed by atoms with E-state index < -0.39 is 0 Å². The maximum absolute atomic E-state index is 11.8. The number of rotatable bonds is 5. The lowest BCUT2D eigenvalue weighted by atomic mass is 10.1. The molecule has 2 aromatic carbocycles. The molecule has 4 heteroatoms. The van der Waals surface area contributed by atoms with Gasteiger partial charge in [0.2, 0.25) is 5.91 Å². The largest absolute Gasteiger partial charge is 0.508 e. The van der Waals surface area contributed by atoms with Gasteiger partial charge in [-0.15, -0.1) is 11.8 Å². The van der Waals surface area contributed by atoms with Gasteiger partial charge in [0.15, 0.2) is 0 Å². The third-order valence-electron chi connectivity index (χ3n) is 3.21. The SMILES string of the molecule is Cc1ccc(SCCC(=O)Nc2cccc(O)c2)cc1C. The van der Waals surface area contributed by atoms with Crippen LogP contribution in [0.3, 0.4) is 0 Å². The second-order valence-electron chi connectivity index (χ2n) is 4.94. The Kier molecular flexibility index (Phi) is 5.28. The van der Waals surface area contributed by atoms with Crippen molar-refractivity contribution in [3.8, 4) is 5.75 Å². The molecular formula is C17H19NO2S. The van der Waals surface area contributed by atoms with E-state index in [2.05, 4.69) is 37.4 Å². The zero-order chi connectivity index (χ0) is 15.2. The maximum atomic E-state index is 11.8. The number of hydrogen-bond donors (Lipinski definition) is 2. The van der Waals surface area contributed by atoms with Crippen molar-refractivity contribution in [1.29, 1.82) is 0 Å². The van der Waals surface area contributed by atoms with E-state index in [1.807, 2.05) is 0 Å². The van der Waals surface area contributed by atoms with Crippen molar-refractivity contribution in [3.05, 3.63) is 53.6 Å². The summed E-state index contributed by atoms with van der Waals surface area (Å²) in [5.41, 5.74) is 3.17. The predicted molar refractivity (Wildman–Crippen MR) is 88.0 cm³/mol. The van der Waals surface area contributed by atoms with Crippen molar-refractivity contribution in [3.63, 3.8) is 0 Å². The van der Waals surface area contributed by atoms with E-state index in [0.717, 1.165) is 5.75 Å². The minimum absolute atomic E-state index is 0.0445.